The quantitative estimate of drug-likeness (QED) is 0.837. The maximum atomic E-state index is 11.9. The van der Waals surface area contributed by atoms with Gasteiger partial charge in [0.15, 0.2) is 0 Å². The molecule has 0 amide bonds. The van der Waals surface area contributed by atoms with Crippen LogP contribution in [0.4, 0.5) is 0 Å². The van der Waals surface area contributed by atoms with Gasteiger partial charge in [0.2, 0.25) is 0 Å². The normalized spacial score (nSPS) is 17.2. The van der Waals surface area contributed by atoms with E-state index in [9.17, 15) is 4.79 Å². The molecular weight excluding hydrogens is 214 g/mol. The molecule has 0 spiro atoms. The number of carbonyl (C=O) groups excluding carboxylic acids is 1. The van der Waals surface area contributed by atoms with Gasteiger partial charge in [-0.25, -0.2) is 0 Å². The van der Waals surface area contributed by atoms with Crippen LogP contribution in [0.15, 0.2) is 12.3 Å². The number of nitrogens with one attached hydrogen (secondary N) is 1. The average molecular weight is 235 g/mol. The molecule has 0 unspecified atom stereocenters. The van der Waals surface area contributed by atoms with E-state index in [0.717, 1.165) is 44.5 Å². The molecule has 0 aliphatic carbocycles. The topological polar surface area (TPSA) is 46.9 Å². The maximum Gasteiger partial charge on any atom is 0.133 e. The molecule has 4 heteroatoms. The minimum Gasteiger partial charge on any atom is -0.317 e. The van der Waals surface area contributed by atoms with E-state index >= 15 is 0 Å². The number of Topliss-reactive ketones (excluding diaryl/α,β-unsaturated/α-hetero) is 1. The number of aryl methyl sites for hydroxylation is 2. The third kappa shape index (κ3) is 3.66. The van der Waals surface area contributed by atoms with Crippen molar-refractivity contribution in [2.45, 2.75) is 32.1 Å². The van der Waals surface area contributed by atoms with Gasteiger partial charge in [-0.05, 0) is 44.3 Å². The van der Waals surface area contributed by atoms with E-state index in [2.05, 4.69) is 10.4 Å². The van der Waals surface area contributed by atoms with Crippen LogP contribution in [0.2, 0.25) is 0 Å². The number of piperidine rings is 1. The van der Waals surface area contributed by atoms with Gasteiger partial charge in [-0.1, -0.05) is 0 Å². The third-order valence-electron chi connectivity index (χ3n) is 3.56. The summed E-state index contributed by atoms with van der Waals surface area (Å²) in [5.74, 6) is 1.01. The summed E-state index contributed by atoms with van der Waals surface area (Å²) >= 11 is 0. The average Bonchev–Trinajstić information content (AvgIpc) is 2.74. The fourth-order valence-corrected chi connectivity index (χ4v) is 2.42. The van der Waals surface area contributed by atoms with E-state index in [1.807, 2.05) is 17.8 Å². The van der Waals surface area contributed by atoms with Gasteiger partial charge in [0, 0.05) is 31.8 Å². The number of carbonyl (C=O) groups is 1. The molecule has 1 fully saturated rings. The molecule has 1 aliphatic heterocycles. The smallest absolute Gasteiger partial charge is 0.133 e. The Hall–Kier alpha value is -1.16. The first-order chi connectivity index (χ1) is 8.25. The van der Waals surface area contributed by atoms with Gasteiger partial charge in [-0.15, -0.1) is 0 Å². The number of aromatic nitrogens is 2. The number of hydrogen-bond donors (Lipinski definition) is 1. The van der Waals surface area contributed by atoms with Crippen molar-refractivity contribution in [1.29, 1.82) is 0 Å². The molecule has 1 aromatic heterocycles. The van der Waals surface area contributed by atoms with Gasteiger partial charge in [0.05, 0.1) is 0 Å². The van der Waals surface area contributed by atoms with Crippen LogP contribution in [0.3, 0.4) is 0 Å². The highest BCUT2D eigenvalue weighted by atomic mass is 16.1. The van der Waals surface area contributed by atoms with Crippen molar-refractivity contribution in [2.75, 3.05) is 13.1 Å². The highest BCUT2D eigenvalue weighted by molar-refractivity contribution is 5.78. The number of rotatable bonds is 5. The molecule has 0 bridgehead atoms. The van der Waals surface area contributed by atoms with Gasteiger partial charge in [0.25, 0.3) is 0 Å². The van der Waals surface area contributed by atoms with Crippen molar-refractivity contribution in [1.82, 2.24) is 15.1 Å². The molecule has 0 radical (unpaired) electrons. The zero-order valence-corrected chi connectivity index (χ0v) is 10.5. The number of nitrogens with zero attached hydrogens (tertiary/aromatic N) is 2. The number of ketones is 1. The van der Waals surface area contributed by atoms with Gasteiger partial charge >= 0.3 is 0 Å². The molecule has 1 saturated heterocycles. The Bertz CT molecular complexity index is 366. The van der Waals surface area contributed by atoms with Crippen LogP contribution >= 0.6 is 0 Å². The standard InChI is InChI=1S/C13H21N3O/c1-16-12(6-9-15-16)2-3-13(17)10-11-4-7-14-8-5-11/h6,9,11,14H,2-5,7-8,10H2,1H3. The highest BCUT2D eigenvalue weighted by Crippen LogP contribution is 2.17. The Labute approximate surface area is 102 Å². The number of hydrogen-bond acceptors (Lipinski definition) is 3. The molecule has 2 rings (SSSR count). The summed E-state index contributed by atoms with van der Waals surface area (Å²) < 4.78 is 1.85. The predicted molar refractivity (Wildman–Crippen MR) is 66.7 cm³/mol. The van der Waals surface area contributed by atoms with Gasteiger partial charge in [-0.3, -0.25) is 9.48 Å². The first kappa shape index (κ1) is 12.3. The zero-order valence-electron chi connectivity index (χ0n) is 10.5. The maximum absolute atomic E-state index is 11.9. The lowest BCUT2D eigenvalue weighted by Crippen LogP contribution is -2.28. The third-order valence-corrected chi connectivity index (χ3v) is 3.56. The fraction of sp³-hybridized carbons (Fsp3) is 0.692. The van der Waals surface area contributed by atoms with Crippen LogP contribution in [-0.2, 0) is 18.3 Å². The second kappa shape index (κ2) is 5.96. The van der Waals surface area contributed by atoms with Crippen molar-refractivity contribution >= 4 is 5.78 Å². The summed E-state index contributed by atoms with van der Waals surface area (Å²) in [6.07, 6.45) is 6.32. The fourth-order valence-electron chi connectivity index (χ4n) is 2.42. The van der Waals surface area contributed by atoms with Gasteiger partial charge in [-0.2, -0.15) is 5.10 Å². The molecular formula is C13H21N3O. The Kier molecular flexibility index (Phi) is 4.31. The summed E-state index contributed by atoms with van der Waals surface area (Å²) in [7, 11) is 1.92. The molecule has 94 valence electrons. The van der Waals surface area contributed by atoms with E-state index in [1.165, 1.54) is 0 Å². The van der Waals surface area contributed by atoms with Crippen LogP contribution in [0.5, 0.6) is 0 Å². The summed E-state index contributed by atoms with van der Waals surface area (Å²) in [6, 6.07) is 1.98. The molecule has 0 aromatic carbocycles. The monoisotopic (exact) mass is 235 g/mol. The van der Waals surface area contributed by atoms with Crippen LogP contribution in [0.1, 0.15) is 31.4 Å². The molecule has 2 heterocycles. The second-order valence-corrected chi connectivity index (χ2v) is 4.88. The lowest BCUT2D eigenvalue weighted by atomic mass is 9.91. The Morgan fingerprint density at radius 3 is 2.94 bits per heavy atom. The second-order valence-electron chi connectivity index (χ2n) is 4.88. The molecule has 0 atom stereocenters. The molecule has 1 N–H and O–H groups in total. The summed E-state index contributed by atoms with van der Waals surface area (Å²) in [4.78, 5) is 11.9. The van der Waals surface area contributed by atoms with E-state index in [-0.39, 0.29) is 0 Å². The lowest BCUT2D eigenvalue weighted by molar-refractivity contribution is -0.120. The van der Waals surface area contributed by atoms with Crippen molar-refractivity contribution in [3.8, 4) is 0 Å². The molecule has 0 saturated carbocycles. The van der Waals surface area contributed by atoms with Crippen LogP contribution in [0.25, 0.3) is 0 Å². The van der Waals surface area contributed by atoms with E-state index in [4.69, 9.17) is 0 Å². The van der Waals surface area contributed by atoms with Crippen LogP contribution < -0.4 is 5.32 Å². The van der Waals surface area contributed by atoms with Gasteiger partial charge < -0.3 is 5.32 Å². The first-order valence-corrected chi connectivity index (χ1v) is 6.45. The summed E-state index contributed by atoms with van der Waals surface area (Å²) in [6.45, 7) is 2.14. The van der Waals surface area contributed by atoms with Crippen molar-refractivity contribution < 1.29 is 4.79 Å². The minimum atomic E-state index is 0.401. The minimum absolute atomic E-state index is 0.401. The Balaban J connectivity index is 1.72. The van der Waals surface area contributed by atoms with E-state index in [0.29, 0.717) is 18.1 Å². The first-order valence-electron chi connectivity index (χ1n) is 6.45. The highest BCUT2D eigenvalue weighted by Gasteiger charge is 2.16. The SMILES string of the molecule is Cn1nccc1CCC(=O)CC1CCNCC1. The van der Waals surface area contributed by atoms with E-state index < -0.39 is 0 Å². The van der Waals surface area contributed by atoms with Crippen LogP contribution in [-0.4, -0.2) is 28.7 Å². The van der Waals surface area contributed by atoms with Crippen molar-refractivity contribution in [3.05, 3.63) is 18.0 Å². The molecule has 1 aromatic rings. The zero-order chi connectivity index (χ0) is 12.1. The van der Waals surface area contributed by atoms with Crippen LogP contribution in [0, 0.1) is 5.92 Å². The van der Waals surface area contributed by atoms with Gasteiger partial charge in [0.1, 0.15) is 5.78 Å². The molecule has 17 heavy (non-hydrogen) atoms. The van der Waals surface area contributed by atoms with Crippen molar-refractivity contribution in [3.63, 3.8) is 0 Å². The molecule has 1 aliphatic rings. The van der Waals surface area contributed by atoms with Crippen molar-refractivity contribution in [2.24, 2.45) is 13.0 Å². The summed E-state index contributed by atoms with van der Waals surface area (Å²) in [5, 5.41) is 7.43. The summed E-state index contributed by atoms with van der Waals surface area (Å²) in [5.41, 5.74) is 1.14. The Morgan fingerprint density at radius 1 is 1.53 bits per heavy atom. The largest absolute Gasteiger partial charge is 0.317 e. The Morgan fingerprint density at radius 2 is 2.29 bits per heavy atom. The predicted octanol–water partition coefficient (Wildman–Crippen LogP) is 1.31. The molecule has 4 nitrogen and oxygen atoms in total. The van der Waals surface area contributed by atoms with E-state index in [1.54, 1.807) is 6.20 Å². The lowest BCUT2D eigenvalue weighted by Gasteiger charge is -2.21.